The molecule has 0 aromatic heterocycles. The van der Waals surface area contributed by atoms with Crippen molar-refractivity contribution in [2.75, 3.05) is 20.1 Å². The summed E-state index contributed by atoms with van der Waals surface area (Å²) in [6.45, 7) is 2.40. The molecule has 1 aromatic carbocycles. The molecule has 0 radical (unpaired) electrons. The van der Waals surface area contributed by atoms with E-state index in [9.17, 15) is 9.59 Å². The molecule has 98 valence electrons. The fourth-order valence-corrected chi connectivity index (χ4v) is 1.49. The molecule has 1 amide bonds. The molecule has 0 heterocycles. The van der Waals surface area contributed by atoms with Crippen LogP contribution in [0.1, 0.15) is 11.1 Å². The van der Waals surface area contributed by atoms with Gasteiger partial charge < -0.3 is 10.4 Å². The number of rotatable bonds is 6. The molecule has 0 saturated heterocycles. The number of hydrogen-bond acceptors (Lipinski definition) is 3. The van der Waals surface area contributed by atoms with E-state index in [4.69, 9.17) is 5.11 Å². The van der Waals surface area contributed by atoms with Gasteiger partial charge in [-0.2, -0.15) is 0 Å². The first-order chi connectivity index (χ1) is 8.47. The SMILES string of the molecule is Cc1ccc(CNC(=O)CN(C)CC(=O)O)cc1. The minimum Gasteiger partial charge on any atom is -0.480 e. The van der Waals surface area contributed by atoms with E-state index in [1.54, 1.807) is 7.05 Å². The molecule has 0 saturated carbocycles. The van der Waals surface area contributed by atoms with Crippen molar-refractivity contribution in [1.82, 2.24) is 10.2 Å². The van der Waals surface area contributed by atoms with E-state index in [1.165, 1.54) is 10.5 Å². The van der Waals surface area contributed by atoms with Crippen molar-refractivity contribution in [3.63, 3.8) is 0 Å². The number of nitrogens with one attached hydrogen (secondary N) is 1. The van der Waals surface area contributed by atoms with Crippen LogP contribution >= 0.6 is 0 Å². The summed E-state index contributed by atoms with van der Waals surface area (Å²) < 4.78 is 0. The summed E-state index contributed by atoms with van der Waals surface area (Å²) in [6, 6.07) is 7.88. The van der Waals surface area contributed by atoms with Crippen molar-refractivity contribution in [2.45, 2.75) is 13.5 Å². The van der Waals surface area contributed by atoms with Gasteiger partial charge in [-0.1, -0.05) is 29.8 Å². The molecule has 18 heavy (non-hydrogen) atoms. The number of benzene rings is 1. The second-order valence-corrected chi connectivity index (χ2v) is 4.33. The number of carboxylic acids is 1. The number of nitrogens with zero attached hydrogens (tertiary/aromatic N) is 1. The van der Waals surface area contributed by atoms with Gasteiger partial charge in [-0.15, -0.1) is 0 Å². The Balaban J connectivity index is 2.32. The van der Waals surface area contributed by atoms with Crippen LogP contribution in [0.5, 0.6) is 0 Å². The Bertz CT molecular complexity index is 415. The number of carboxylic acid groups (broad SMARTS) is 1. The second-order valence-electron chi connectivity index (χ2n) is 4.33. The highest BCUT2D eigenvalue weighted by Gasteiger charge is 2.09. The molecule has 0 aliphatic carbocycles. The molecule has 0 spiro atoms. The summed E-state index contributed by atoms with van der Waals surface area (Å²) in [5, 5.41) is 11.3. The molecule has 0 unspecified atom stereocenters. The Morgan fingerprint density at radius 3 is 2.39 bits per heavy atom. The maximum atomic E-state index is 11.5. The third-order valence-electron chi connectivity index (χ3n) is 2.43. The van der Waals surface area contributed by atoms with Crippen LogP contribution in [-0.2, 0) is 16.1 Å². The number of hydrogen-bond donors (Lipinski definition) is 2. The van der Waals surface area contributed by atoms with Crippen molar-refractivity contribution in [3.05, 3.63) is 35.4 Å². The zero-order valence-electron chi connectivity index (χ0n) is 10.6. The summed E-state index contributed by atoms with van der Waals surface area (Å²) in [5.74, 6) is -1.12. The quantitative estimate of drug-likeness (QED) is 0.777. The lowest BCUT2D eigenvalue weighted by atomic mass is 10.1. The van der Waals surface area contributed by atoms with E-state index in [0.29, 0.717) is 6.54 Å². The molecule has 0 fully saturated rings. The monoisotopic (exact) mass is 250 g/mol. The Labute approximate surface area is 106 Å². The van der Waals surface area contributed by atoms with Crippen LogP contribution in [-0.4, -0.2) is 42.0 Å². The molecule has 2 N–H and O–H groups in total. The van der Waals surface area contributed by atoms with Gasteiger partial charge in [0, 0.05) is 6.54 Å². The van der Waals surface area contributed by atoms with Gasteiger partial charge in [0.2, 0.25) is 5.91 Å². The number of amides is 1. The smallest absolute Gasteiger partial charge is 0.317 e. The normalized spacial score (nSPS) is 10.4. The van der Waals surface area contributed by atoms with Gasteiger partial charge in [0.15, 0.2) is 0 Å². The molecular formula is C13H18N2O3. The Morgan fingerprint density at radius 2 is 1.83 bits per heavy atom. The maximum Gasteiger partial charge on any atom is 0.317 e. The fourth-order valence-electron chi connectivity index (χ4n) is 1.49. The standard InChI is InChI=1S/C13H18N2O3/c1-10-3-5-11(6-4-10)7-14-12(16)8-15(2)9-13(17)18/h3-6H,7-9H2,1-2H3,(H,14,16)(H,17,18). The minimum absolute atomic E-state index is 0.0815. The summed E-state index contributed by atoms with van der Waals surface area (Å²) >= 11 is 0. The minimum atomic E-state index is -0.941. The first kappa shape index (κ1) is 14.2. The first-order valence-corrected chi connectivity index (χ1v) is 5.70. The fraction of sp³-hybridized carbons (Fsp3) is 0.385. The lowest BCUT2D eigenvalue weighted by molar-refractivity contribution is -0.138. The van der Waals surface area contributed by atoms with Gasteiger partial charge >= 0.3 is 5.97 Å². The Morgan fingerprint density at radius 1 is 1.22 bits per heavy atom. The average molecular weight is 250 g/mol. The van der Waals surface area contributed by atoms with Crippen molar-refractivity contribution in [1.29, 1.82) is 0 Å². The number of aryl methyl sites for hydroxylation is 1. The highest BCUT2D eigenvalue weighted by atomic mass is 16.4. The van der Waals surface area contributed by atoms with Crippen molar-refractivity contribution in [2.24, 2.45) is 0 Å². The summed E-state index contributed by atoms with van der Waals surface area (Å²) in [5.41, 5.74) is 2.20. The van der Waals surface area contributed by atoms with Crippen LogP contribution in [0.3, 0.4) is 0 Å². The largest absolute Gasteiger partial charge is 0.480 e. The van der Waals surface area contributed by atoms with Crippen LogP contribution in [0.2, 0.25) is 0 Å². The molecule has 0 bridgehead atoms. The molecule has 1 rings (SSSR count). The van der Waals surface area contributed by atoms with Gasteiger partial charge in [0.1, 0.15) is 0 Å². The van der Waals surface area contributed by atoms with Crippen LogP contribution in [0.4, 0.5) is 0 Å². The van der Waals surface area contributed by atoms with Gasteiger partial charge in [-0.25, -0.2) is 0 Å². The molecule has 0 atom stereocenters. The van der Waals surface area contributed by atoms with E-state index >= 15 is 0 Å². The van der Waals surface area contributed by atoms with Gasteiger partial charge in [-0.3, -0.25) is 14.5 Å². The van der Waals surface area contributed by atoms with Crippen molar-refractivity contribution >= 4 is 11.9 Å². The summed E-state index contributed by atoms with van der Waals surface area (Å²) in [4.78, 5) is 23.4. The van der Waals surface area contributed by atoms with Gasteiger partial charge in [-0.05, 0) is 19.5 Å². The first-order valence-electron chi connectivity index (χ1n) is 5.70. The lowest BCUT2D eigenvalue weighted by Crippen LogP contribution is -2.37. The second kappa shape index (κ2) is 6.76. The van der Waals surface area contributed by atoms with E-state index in [2.05, 4.69) is 5.32 Å². The number of likely N-dealkylation sites (N-methyl/N-ethyl adjacent to an activating group) is 1. The molecule has 1 aromatic rings. The topological polar surface area (TPSA) is 69.6 Å². The molecular weight excluding hydrogens is 232 g/mol. The van der Waals surface area contributed by atoms with Gasteiger partial charge in [0.25, 0.3) is 0 Å². The molecule has 0 aliphatic rings. The van der Waals surface area contributed by atoms with Crippen LogP contribution in [0.15, 0.2) is 24.3 Å². The van der Waals surface area contributed by atoms with Crippen LogP contribution < -0.4 is 5.32 Å². The van der Waals surface area contributed by atoms with E-state index < -0.39 is 5.97 Å². The lowest BCUT2D eigenvalue weighted by Gasteiger charge is -2.13. The highest BCUT2D eigenvalue weighted by molar-refractivity contribution is 5.78. The van der Waals surface area contributed by atoms with Crippen LogP contribution in [0.25, 0.3) is 0 Å². The van der Waals surface area contributed by atoms with E-state index in [-0.39, 0.29) is 19.0 Å². The van der Waals surface area contributed by atoms with Crippen molar-refractivity contribution < 1.29 is 14.7 Å². The Hall–Kier alpha value is -1.88. The highest BCUT2D eigenvalue weighted by Crippen LogP contribution is 2.02. The van der Waals surface area contributed by atoms with Crippen LogP contribution in [0, 0.1) is 6.92 Å². The predicted molar refractivity (Wildman–Crippen MR) is 68.2 cm³/mol. The van der Waals surface area contributed by atoms with Gasteiger partial charge in [0.05, 0.1) is 13.1 Å². The molecule has 5 nitrogen and oxygen atoms in total. The predicted octanol–water partition coefficient (Wildman–Crippen LogP) is 0.628. The zero-order chi connectivity index (χ0) is 13.5. The average Bonchev–Trinajstić information content (AvgIpc) is 2.27. The number of carbonyl (C=O) groups excluding carboxylic acids is 1. The van der Waals surface area contributed by atoms with Crippen molar-refractivity contribution in [3.8, 4) is 0 Å². The number of carbonyl (C=O) groups is 2. The summed E-state index contributed by atoms with van der Waals surface area (Å²) in [6.07, 6.45) is 0. The third-order valence-corrected chi connectivity index (χ3v) is 2.43. The third kappa shape index (κ3) is 5.45. The van der Waals surface area contributed by atoms with E-state index in [1.807, 2.05) is 31.2 Å². The maximum absolute atomic E-state index is 11.5. The number of aliphatic carboxylic acids is 1. The molecule has 0 aliphatic heterocycles. The molecule has 5 heteroatoms. The Kier molecular flexibility index (Phi) is 5.32. The summed E-state index contributed by atoms with van der Waals surface area (Å²) in [7, 11) is 1.60. The zero-order valence-corrected chi connectivity index (χ0v) is 10.6. The van der Waals surface area contributed by atoms with E-state index in [0.717, 1.165) is 5.56 Å².